The molecule has 0 amide bonds. The molecule has 3 rings (SSSR count). The summed E-state index contributed by atoms with van der Waals surface area (Å²) in [6, 6.07) is 6.67. The predicted molar refractivity (Wildman–Crippen MR) is 77.8 cm³/mol. The number of nitrogens with zero attached hydrogens (tertiary/aromatic N) is 2. The average Bonchev–Trinajstić information content (AvgIpc) is 2.95. The summed E-state index contributed by atoms with van der Waals surface area (Å²) in [4.78, 5) is 4.31. The molecule has 3 aromatic rings. The predicted octanol–water partition coefficient (Wildman–Crippen LogP) is 4.52. The Morgan fingerprint density at radius 1 is 1.22 bits per heavy atom. The number of aromatic nitrogens is 2. The highest BCUT2D eigenvalue weighted by atomic mass is 32.1. The van der Waals surface area contributed by atoms with Gasteiger partial charge in [-0.05, 0) is 41.3 Å². The van der Waals surface area contributed by atoms with E-state index in [2.05, 4.69) is 53.2 Å². The second-order valence-electron chi connectivity index (χ2n) is 4.91. The Bertz CT molecular complexity index is 691. The molecule has 0 aliphatic carbocycles. The SMILES string of the molecule is Cc1cn(-c2ccc(C(C)C)c3ccsc23)cn1. The Hall–Kier alpha value is -1.61. The minimum atomic E-state index is 0.556. The summed E-state index contributed by atoms with van der Waals surface area (Å²) in [5.74, 6) is 0.556. The van der Waals surface area contributed by atoms with Gasteiger partial charge in [-0.15, -0.1) is 11.3 Å². The molecule has 0 saturated heterocycles. The molecule has 0 aliphatic heterocycles. The van der Waals surface area contributed by atoms with Crippen LogP contribution in [0.15, 0.2) is 36.1 Å². The highest BCUT2D eigenvalue weighted by Gasteiger charge is 2.11. The summed E-state index contributed by atoms with van der Waals surface area (Å²) in [7, 11) is 0. The number of fused-ring (bicyclic) bond motifs is 1. The van der Waals surface area contributed by atoms with Crippen molar-refractivity contribution < 1.29 is 0 Å². The first kappa shape index (κ1) is 11.5. The van der Waals surface area contributed by atoms with Gasteiger partial charge >= 0.3 is 0 Å². The Labute approximate surface area is 111 Å². The molecule has 0 N–H and O–H groups in total. The molecule has 0 bridgehead atoms. The minimum Gasteiger partial charge on any atom is -0.305 e. The van der Waals surface area contributed by atoms with Crippen molar-refractivity contribution in [1.82, 2.24) is 9.55 Å². The van der Waals surface area contributed by atoms with E-state index in [-0.39, 0.29) is 0 Å². The molecule has 0 spiro atoms. The molecular formula is C15H16N2S. The van der Waals surface area contributed by atoms with Crippen molar-refractivity contribution in [2.75, 3.05) is 0 Å². The van der Waals surface area contributed by atoms with Crippen LogP contribution in [0.2, 0.25) is 0 Å². The summed E-state index contributed by atoms with van der Waals surface area (Å²) in [6.07, 6.45) is 3.96. The van der Waals surface area contributed by atoms with Crippen molar-refractivity contribution in [2.24, 2.45) is 0 Å². The fraction of sp³-hybridized carbons (Fsp3) is 0.267. The number of rotatable bonds is 2. The zero-order valence-corrected chi connectivity index (χ0v) is 11.7. The van der Waals surface area contributed by atoms with Crippen LogP contribution in [0.5, 0.6) is 0 Å². The number of aryl methyl sites for hydroxylation is 1. The van der Waals surface area contributed by atoms with Crippen LogP contribution >= 0.6 is 11.3 Å². The second-order valence-corrected chi connectivity index (χ2v) is 5.83. The molecule has 1 aromatic carbocycles. The van der Waals surface area contributed by atoms with E-state index < -0.39 is 0 Å². The molecule has 2 heterocycles. The lowest BCUT2D eigenvalue weighted by atomic mass is 9.99. The van der Waals surface area contributed by atoms with Gasteiger partial charge in [-0.25, -0.2) is 4.98 Å². The van der Waals surface area contributed by atoms with Gasteiger partial charge in [0.15, 0.2) is 0 Å². The van der Waals surface area contributed by atoms with Crippen LogP contribution in [-0.2, 0) is 0 Å². The first-order valence-electron chi connectivity index (χ1n) is 6.18. The normalized spacial score (nSPS) is 11.6. The van der Waals surface area contributed by atoms with E-state index in [1.165, 1.54) is 21.3 Å². The molecule has 18 heavy (non-hydrogen) atoms. The first-order chi connectivity index (χ1) is 8.66. The molecular weight excluding hydrogens is 240 g/mol. The molecule has 0 saturated carbocycles. The molecule has 0 radical (unpaired) electrons. The largest absolute Gasteiger partial charge is 0.305 e. The van der Waals surface area contributed by atoms with Crippen LogP contribution in [0.4, 0.5) is 0 Å². The van der Waals surface area contributed by atoms with Crippen molar-refractivity contribution in [3.05, 3.63) is 47.4 Å². The number of imidazole rings is 1. The first-order valence-corrected chi connectivity index (χ1v) is 7.06. The van der Waals surface area contributed by atoms with Crippen molar-refractivity contribution >= 4 is 21.4 Å². The van der Waals surface area contributed by atoms with E-state index in [1.54, 1.807) is 11.3 Å². The molecule has 2 nitrogen and oxygen atoms in total. The fourth-order valence-corrected chi connectivity index (χ4v) is 3.28. The summed E-state index contributed by atoms with van der Waals surface area (Å²) in [5, 5.41) is 3.54. The average molecular weight is 256 g/mol. The van der Waals surface area contributed by atoms with E-state index in [0.29, 0.717) is 5.92 Å². The maximum absolute atomic E-state index is 4.31. The van der Waals surface area contributed by atoms with E-state index in [9.17, 15) is 0 Å². The fourth-order valence-electron chi connectivity index (χ4n) is 2.33. The van der Waals surface area contributed by atoms with E-state index >= 15 is 0 Å². The molecule has 0 atom stereocenters. The van der Waals surface area contributed by atoms with Crippen molar-refractivity contribution in [3.8, 4) is 5.69 Å². The topological polar surface area (TPSA) is 17.8 Å². The number of thiophene rings is 1. The van der Waals surface area contributed by atoms with Crippen LogP contribution in [0, 0.1) is 6.92 Å². The van der Waals surface area contributed by atoms with Gasteiger partial charge in [-0.3, -0.25) is 0 Å². The number of benzene rings is 1. The van der Waals surface area contributed by atoms with E-state index in [1.807, 2.05) is 13.3 Å². The van der Waals surface area contributed by atoms with Crippen molar-refractivity contribution in [3.63, 3.8) is 0 Å². The van der Waals surface area contributed by atoms with Gasteiger partial charge < -0.3 is 4.57 Å². The lowest BCUT2D eigenvalue weighted by Crippen LogP contribution is -1.94. The van der Waals surface area contributed by atoms with Crippen LogP contribution in [0.1, 0.15) is 31.0 Å². The van der Waals surface area contributed by atoms with Gasteiger partial charge in [-0.1, -0.05) is 19.9 Å². The van der Waals surface area contributed by atoms with Gasteiger partial charge in [0.1, 0.15) is 0 Å². The molecule has 3 heteroatoms. The third kappa shape index (κ3) is 1.75. The van der Waals surface area contributed by atoms with Gasteiger partial charge in [0, 0.05) is 6.20 Å². The van der Waals surface area contributed by atoms with Crippen molar-refractivity contribution in [2.45, 2.75) is 26.7 Å². The smallest absolute Gasteiger partial charge is 0.0995 e. The summed E-state index contributed by atoms with van der Waals surface area (Å²) in [5.41, 5.74) is 3.70. The highest BCUT2D eigenvalue weighted by Crippen LogP contribution is 2.33. The third-order valence-corrected chi connectivity index (χ3v) is 4.18. The molecule has 0 unspecified atom stereocenters. The van der Waals surface area contributed by atoms with E-state index in [0.717, 1.165) is 5.69 Å². The quantitative estimate of drug-likeness (QED) is 0.659. The van der Waals surface area contributed by atoms with Gasteiger partial charge in [0.05, 0.1) is 22.4 Å². The molecule has 2 aromatic heterocycles. The lowest BCUT2D eigenvalue weighted by molar-refractivity contribution is 0.876. The zero-order chi connectivity index (χ0) is 12.7. The third-order valence-electron chi connectivity index (χ3n) is 3.24. The molecule has 0 fully saturated rings. The molecule has 0 aliphatic rings. The zero-order valence-electron chi connectivity index (χ0n) is 10.8. The monoisotopic (exact) mass is 256 g/mol. The van der Waals surface area contributed by atoms with Gasteiger partial charge in [0.25, 0.3) is 0 Å². The van der Waals surface area contributed by atoms with E-state index in [4.69, 9.17) is 0 Å². The van der Waals surface area contributed by atoms with Crippen LogP contribution in [0.3, 0.4) is 0 Å². The highest BCUT2D eigenvalue weighted by molar-refractivity contribution is 7.17. The maximum Gasteiger partial charge on any atom is 0.0995 e. The Morgan fingerprint density at radius 3 is 2.72 bits per heavy atom. The van der Waals surface area contributed by atoms with Gasteiger partial charge in [-0.2, -0.15) is 0 Å². The van der Waals surface area contributed by atoms with Crippen LogP contribution in [-0.4, -0.2) is 9.55 Å². The lowest BCUT2D eigenvalue weighted by Gasteiger charge is -2.10. The summed E-state index contributed by atoms with van der Waals surface area (Å²) in [6.45, 7) is 6.51. The van der Waals surface area contributed by atoms with Crippen LogP contribution in [0.25, 0.3) is 15.8 Å². The van der Waals surface area contributed by atoms with Crippen molar-refractivity contribution in [1.29, 1.82) is 0 Å². The standard InChI is InChI=1S/C15H16N2S/c1-10(2)12-4-5-14(15-13(12)6-7-18-15)17-8-11(3)16-9-17/h4-10H,1-3H3. The number of hydrogen-bond donors (Lipinski definition) is 0. The maximum atomic E-state index is 4.31. The second kappa shape index (κ2) is 4.25. The molecule has 92 valence electrons. The number of hydrogen-bond acceptors (Lipinski definition) is 2. The minimum absolute atomic E-state index is 0.556. The summed E-state index contributed by atoms with van der Waals surface area (Å²) < 4.78 is 3.46. The van der Waals surface area contributed by atoms with Gasteiger partial charge in [0.2, 0.25) is 0 Å². The van der Waals surface area contributed by atoms with Crippen LogP contribution < -0.4 is 0 Å². The Balaban J connectivity index is 2.26. The Morgan fingerprint density at radius 2 is 2.06 bits per heavy atom. The summed E-state index contributed by atoms with van der Waals surface area (Å²) >= 11 is 1.80. The Kier molecular flexibility index (Phi) is 2.71.